The van der Waals surface area contributed by atoms with E-state index < -0.39 is 47.0 Å². The van der Waals surface area contributed by atoms with Gasteiger partial charge in [0.05, 0.1) is 24.6 Å². The van der Waals surface area contributed by atoms with Gasteiger partial charge in [0.2, 0.25) is 11.8 Å². The number of fused-ring (bicyclic) bond motifs is 1. The minimum absolute atomic E-state index is 0.288. The van der Waals surface area contributed by atoms with Gasteiger partial charge in [-0.25, -0.2) is 9.29 Å². The minimum atomic E-state index is -1.35. The van der Waals surface area contributed by atoms with Crippen molar-refractivity contribution in [2.75, 3.05) is 43.0 Å². The maximum Gasteiger partial charge on any atom is 0.326 e. The fourth-order valence-corrected chi connectivity index (χ4v) is 5.60. The largest absolute Gasteiger partial charge is 0.468 e. The van der Waals surface area contributed by atoms with E-state index >= 15 is 0 Å². The Bertz CT molecular complexity index is 1090. The van der Waals surface area contributed by atoms with E-state index in [9.17, 15) is 18.8 Å². The van der Waals surface area contributed by atoms with Gasteiger partial charge in [0.1, 0.15) is 11.4 Å². The molecule has 4 rings (SSSR count). The molecule has 7 nitrogen and oxygen atoms in total. The second-order valence-corrected chi connectivity index (χ2v) is 9.79. The number of imide groups is 1. The topological polar surface area (TPSA) is 79.0 Å². The van der Waals surface area contributed by atoms with Crippen LogP contribution in [0.4, 0.5) is 15.8 Å². The van der Waals surface area contributed by atoms with E-state index in [-0.39, 0.29) is 5.69 Å². The Morgan fingerprint density at radius 1 is 1.12 bits per heavy atom. The van der Waals surface area contributed by atoms with Crippen molar-refractivity contribution in [2.45, 2.75) is 18.0 Å². The summed E-state index contributed by atoms with van der Waals surface area (Å²) in [5.74, 6) is -3.07. The molecule has 2 saturated heterocycles. The van der Waals surface area contributed by atoms with Crippen molar-refractivity contribution >= 4 is 40.9 Å². The molecule has 9 heteroatoms. The van der Waals surface area contributed by atoms with Crippen LogP contribution in [0, 0.1) is 17.7 Å². The van der Waals surface area contributed by atoms with Gasteiger partial charge in [-0.15, -0.1) is 0 Å². The van der Waals surface area contributed by atoms with Crippen LogP contribution in [0.15, 0.2) is 48.5 Å². The van der Waals surface area contributed by atoms with Gasteiger partial charge in [-0.1, -0.05) is 12.1 Å². The van der Waals surface area contributed by atoms with Gasteiger partial charge < -0.3 is 9.64 Å². The summed E-state index contributed by atoms with van der Waals surface area (Å²) in [4.78, 5) is 43.7. The van der Waals surface area contributed by atoms with Crippen molar-refractivity contribution in [3.8, 4) is 0 Å². The second kappa shape index (κ2) is 9.38. The van der Waals surface area contributed by atoms with Crippen molar-refractivity contribution in [3.05, 3.63) is 59.9 Å². The molecule has 0 unspecified atom stereocenters. The number of anilines is 2. The molecule has 0 aromatic heterocycles. The number of ether oxygens (including phenoxy) is 1. The van der Waals surface area contributed by atoms with Crippen LogP contribution in [-0.4, -0.2) is 56.5 Å². The van der Waals surface area contributed by atoms with Gasteiger partial charge >= 0.3 is 5.97 Å². The lowest BCUT2D eigenvalue weighted by molar-refractivity contribution is -0.152. The number of rotatable bonds is 7. The molecule has 2 aliphatic rings. The van der Waals surface area contributed by atoms with Gasteiger partial charge in [0.25, 0.3) is 0 Å². The fraction of sp³-hybridized carbons (Fsp3) is 0.400. The summed E-state index contributed by atoms with van der Waals surface area (Å²) < 4.78 is 18.7. The maximum absolute atomic E-state index is 13.8. The number of amides is 2. The van der Waals surface area contributed by atoms with Crippen molar-refractivity contribution in [3.63, 3.8) is 0 Å². The fourth-order valence-electron chi connectivity index (χ4n) is 5.08. The van der Waals surface area contributed by atoms with Crippen LogP contribution >= 0.6 is 11.8 Å². The molecule has 2 aromatic carbocycles. The highest BCUT2D eigenvalue weighted by Crippen LogP contribution is 2.51. The third-order valence-electron chi connectivity index (χ3n) is 6.76. The first-order valence-electron chi connectivity index (χ1n) is 11.0. The van der Waals surface area contributed by atoms with Crippen LogP contribution in [0.5, 0.6) is 0 Å². The molecule has 34 heavy (non-hydrogen) atoms. The second-order valence-electron chi connectivity index (χ2n) is 8.81. The van der Waals surface area contributed by atoms with Crippen molar-refractivity contribution in [1.82, 2.24) is 5.32 Å². The zero-order chi connectivity index (χ0) is 24.6. The lowest BCUT2D eigenvalue weighted by Crippen LogP contribution is -2.56. The zero-order valence-electron chi connectivity index (χ0n) is 19.6. The predicted molar refractivity (Wildman–Crippen MR) is 130 cm³/mol. The van der Waals surface area contributed by atoms with Crippen LogP contribution in [0.1, 0.15) is 18.0 Å². The number of benzene rings is 2. The molecule has 0 bridgehead atoms. The maximum atomic E-state index is 13.8. The number of hydrogen-bond acceptors (Lipinski definition) is 7. The molecule has 4 atom stereocenters. The molecular weight excluding hydrogens is 457 g/mol. The van der Waals surface area contributed by atoms with Crippen LogP contribution in [-0.2, 0) is 19.1 Å². The average molecular weight is 486 g/mol. The molecular formula is C25H28FN3O4S. The van der Waals surface area contributed by atoms with Crippen LogP contribution in [0.25, 0.3) is 0 Å². The molecule has 0 aliphatic carbocycles. The summed E-state index contributed by atoms with van der Waals surface area (Å²) in [6, 6.07) is 12.3. The molecule has 1 N–H and O–H groups in total. The van der Waals surface area contributed by atoms with Crippen molar-refractivity contribution in [2.24, 2.45) is 11.8 Å². The Balaban J connectivity index is 1.83. The Labute approximate surface area is 202 Å². The summed E-state index contributed by atoms with van der Waals surface area (Å²) in [6.45, 7) is 0. The molecule has 2 amide bonds. The molecule has 2 heterocycles. The van der Waals surface area contributed by atoms with E-state index in [4.69, 9.17) is 4.74 Å². The molecule has 0 spiro atoms. The zero-order valence-corrected chi connectivity index (χ0v) is 20.4. The Morgan fingerprint density at radius 3 is 2.32 bits per heavy atom. The monoisotopic (exact) mass is 485 g/mol. The number of carbonyl (C=O) groups excluding carboxylic acids is 3. The normalized spacial score (nSPS) is 26.0. The quantitative estimate of drug-likeness (QED) is 0.477. The third kappa shape index (κ3) is 3.86. The summed E-state index contributed by atoms with van der Waals surface area (Å²) in [6.07, 6.45) is 2.24. The molecule has 2 fully saturated rings. The van der Waals surface area contributed by atoms with Crippen LogP contribution < -0.4 is 15.1 Å². The number of methoxy groups -OCH3 is 1. The first-order chi connectivity index (χ1) is 16.2. The standard InChI is InChI=1S/C25H28FN3O4S/c1-28(2)17-9-5-15(6-10-17)21-19-20(25(27-21,13-14-34-4)24(32)33-3)23(31)29(22(19)30)18-11-7-16(26)8-12-18/h5-12,19-21,27H,13-14H2,1-4H3/t19-,20+,21+,25+/m0/s1. The number of hydrogen-bond donors (Lipinski definition) is 1. The number of halogens is 1. The Morgan fingerprint density at radius 2 is 1.76 bits per heavy atom. The number of thioether (sulfide) groups is 1. The first-order valence-corrected chi connectivity index (χ1v) is 12.4. The van der Waals surface area contributed by atoms with Gasteiger partial charge in [-0.2, -0.15) is 11.8 Å². The smallest absolute Gasteiger partial charge is 0.326 e. The SMILES string of the molecule is COC(=O)[C@]1(CCSC)N[C@H](c2ccc(N(C)C)cc2)[C@H]2C(=O)N(c3ccc(F)cc3)C(=O)[C@@H]21. The highest BCUT2D eigenvalue weighted by Gasteiger charge is 2.68. The van der Waals surface area contributed by atoms with Crippen LogP contribution in [0.3, 0.4) is 0 Å². The van der Waals surface area contributed by atoms with Crippen molar-refractivity contribution in [1.29, 1.82) is 0 Å². The molecule has 2 aliphatic heterocycles. The van der Waals surface area contributed by atoms with E-state index in [1.54, 1.807) is 11.8 Å². The van der Waals surface area contributed by atoms with E-state index in [1.165, 1.54) is 31.4 Å². The lowest BCUT2D eigenvalue weighted by atomic mass is 9.78. The van der Waals surface area contributed by atoms with Gasteiger partial charge in [-0.05, 0) is 60.4 Å². The van der Waals surface area contributed by atoms with Gasteiger partial charge in [0, 0.05) is 25.8 Å². The molecule has 180 valence electrons. The highest BCUT2D eigenvalue weighted by atomic mass is 32.2. The highest BCUT2D eigenvalue weighted by molar-refractivity contribution is 7.98. The summed E-state index contributed by atoms with van der Waals surface area (Å²) in [5.41, 5.74) is 0.727. The van der Waals surface area contributed by atoms with Gasteiger partial charge in [-0.3, -0.25) is 19.7 Å². The van der Waals surface area contributed by atoms with E-state index in [0.29, 0.717) is 12.2 Å². The first kappa shape index (κ1) is 24.2. The van der Waals surface area contributed by atoms with Crippen LogP contribution in [0.2, 0.25) is 0 Å². The lowest BCUT2D eigenvalue weighted by Gasteiger charge is -2.32. The van der Waals surface area contributed by atoms with Crippen molar-refractivity contribution < 1.29 is 23.5 Å². The van der Waals surface area contributed by atoms with E-state index in [1.807, 2.05) is 49.5 Å². The Kier molecular flexibility index (Phi) is 6.69. The van der Waals surface area contributed by atoms with E-state index in [0.717, 1.165) is 16.2 Å². The summed E-state index contributed by atoms with van der Waals surface area (Å²) in [7, 11) is 5.16. The molecule has 2 aromatic rings. The third-order valence-corrected chi connectivity index (χ3v) is 7.37. The van der Waals surface area contributed by atoms with E-state index in [2.05, 4.69) is 5.32 Å². The number of esters is 1. The minimum Gasteiger partial charge on any atom is -0.468 e. The number of nitrogens with zero attached hydrogens (tertiary/aromatic N) is 2. The summed E-state index contributed by atoms with van der Waals surface area (Å²) in [5, 5.41) is 3.37. The molecule has 0 radical (unpaired) electrons. The summed E-state index contributed by atoms with van der Waals surface area (Å²) >= 11 is 1.55. The molecule has 0 saturated carbocycles. The Hall–Kier alpha value is -2.91. The van der Waals surface area contributed by atoms with Gasteiger partial charge in [0.15, 0.2) is 0 Å². The predicted octanol–water partition coefficient (Wildman–Crippen LogP) is 3.01. The number of carbonyl (C=O) groups is 3. The average Bonchev–Trinajstić information content (AvgIpc) is 3.32. The number of nitrogens with one attached hydrogen (secondary N) is 1.